The lowest BCUT2D eigenvalue weighted by molar-refractivity contribution is -0.138. The standard InChI is InChI=1S/C19H18N4O3/c20-18(21)11-5-6-17(24)13(7-11)10-23-16(19(25)26)8-12-9-22-15-4-2-1-3-14(12)15/h1-7,9-10,16,22,24H,8H2,(H3,20,21)(H,25,26)/t16-/m1/s1. The van der Waals surface area contributed by atoms with Crippen molar-refractivity contribution in [2.45, 2.75) is 12.5 Å². The molecule has 3 aromatic rings. The number of rotatable bonds is 6. The van der Waals surface area contributed by atoms with E-state index < -0.39 is 12.0 Å². The highest BCUT2D eigenvalue weighted by atomic mass is 16.4. The summed E-state index contributed by atoms with van der Waals surface area (Å²) in [5.74, 6) is -1.27. The summed E-state index contributed by atoms with van der Waals surface area (Å²) in [6, 6.07) is 11.0. The van der Waals surface area contributed by atoms with Crippen LogP contribution in [0.25, 0.3) is 10.9 Å². The first kappa shape index (κ1) is 17.2. The number of aromatic nitrogens is 1. The minimum Gasteiger partial charge on any atom is -0.507 e. The topological polar surface area (TPSA) is 136 Å². The van der Waals surface area contributed by atoms with Gasteiger partial charge >= 0.3 is 5.97 Å². The van der Waals surface area contributed by atoms with Crippen molar-refractivity contribution in [2.24, 2.45) is 10.7 Å². The summed E-state index contributed by atoms with van der Waals surface area (Å²) in [4.78, 5) is 18.8. The Hall–Kier alpha value is -3.61. The molecule has 1 aromatic heterocycles. The van der Waals surface area contributed by atoms with Crippen LogP contribution < -0.4 is 5.73 Å². The first-order valence-corrected chi connectivity index (χ1v) is 7.94. The highest BCUT2D eigenvalue weighted by molar-refractivity contribution is 5.97. The van der Waals surface area contributed by atoms with Crippen LogP contribution in [0.15, 0.2) is 53.7 Å². The molecule has 7 heteroatoms. The third kappa shape index (κ3) is 3.56. The number of aromatic amines is 1. The van der Waals surface area contributed by atoms with Gasteiger partial charge in [0.15, 0.2) is 6.04 Å². The van der Waals surface area contributed by atoms with Gasteiger partial charge in [0, 0.05) is 40.9 Å². The predicted molar refractivity (Wildman–Crippen MR) is 100 cm³/mol. The number of carboxylic acid groups (broad SMARTS) is 1. The lowest BCUT2D eigenvalue weighted by Gasteiger charge is -2.08. The average molecular weight is 350 g/mol. The summed E-state index contributed by atoms with van der Waals surface area (Å²) in [5.41, 5.74) is 7.96. The number of phenols is 1. The normalized spacial score (nSPS) is 12.5. The number of carbonyl (C=O) groups is 1. The summed E-state index contributed by atoms with van der Waals surface area (Å²) in [6.07, 6.45) is 3.29. The predicted octanol–water partition coefficient (Wildman–Crippen LogP) is 2.27. The number of hydrogen-bond acceptors (Lipinski definition) is 4. The first-order chi connectivity index (χ1) is 12.5. The molecule has 0 bridgehead atoms. The number of para-hydroxylation sites is 1. The molecule has 3 rings (SSSR count). The van der Waals surface area contributed by atoms with Crippen LogP contribution in [0.2, 0.25) is 0 Å². The lowest BCUT2D eigenvalue weighted by Crippen LogP contribution is -2.21. The van der Waals surface area contributed by atoms with E-state index >= 15 is 0 Å². The van der Waals surface area contributed by atoms with Crippen molar-refractivity contribution in [3.8, 4) is 5.75 Å². The number of nitrogens with zero attached hydrogens (tertiary/aromatic N) is 1. The summed E-state index contributed by atoms with van der Waals surface area (Å²) in [6.45, 7) is 0. The van der Waals surface area contributed by atoms with Crippen LogP contribution in [-0.2, 0) is 11.2 Å². The molecular weight excluding hydrogens is 332 g/mol. The van der Waals surface area contributed by atoms with Gasteiger partial charge in [0.2, 0.25) is 0 Å². The van der Waals surface area contributed by atoms with Crippen molar-refractivity contribution >= 4 is 28.9 Å². The maximum absolute atomic E-state index is 11.6. The molecule has 0 fully saturated rings. The molecule has 132 valence electrons. The van der Waals surface area contributed by atoms with Crippen molar-refractivity contribution in [2.75, 3.05) is 0 Å². The van der Waals surface area contributed by atoms with Gasteiger partial charge in [0.1, 0.15) is 11.6 Å². The zero-order valence-corrected chi connectivity index (χ0v) is 13.8. The Kier molecular flexibility index (Phi) is 4.70. The van der Waals surface area contributed by atoms with Crippen molar-refractivity contribution in [3.05, 3.63) is 65.4 Å². The first-order valence-electron chi connectivity index (χ1n) is 7.94. The monoisotopic (exact) mass is 350 g/mol. The second-order valence-corrected chi connectivity index (χ2v) is 5.88. The molecule has 0 saturated carbocycles. The highest BCUT2D eigenvalue weighted by Crippen LogP contribution is 2.21. The number of aliphatic carboxylic acids is 1. The molecule has 0 aliphatic heterocycles. The van der Waals surface area contributed by atoms with E-state index in [1.165, 1.54) is 24.4 Å². The molecule has 6 N–H and O–H groups in total. The maximum Gasteiger partial charge on any atom is 0.328 e. The Morgan fingerprint density at radius 3 is 2.81 bits per heavy atom. The van der Waals surface area contributed by atoms with Crippen LogP contribution in [0.3, 0.4) is 0 Å². The average Bonchev–Trinajstić information content (AvgIpc) is 3.02. The lowest BCUT2D eigenvalue weighted by atomic mass is 10.1. The van der Waals surface area contributed by atoms with Crippen molar-refractivity contribution in [1.29, 1.82) is 5.41 Å². The Morgan fingerprint density at radius 1 is 1.31 bits per heavy atom. The fourth-order valence-electron chi connectivity index (χ4n) is 2.71. The molecule has 0 saturated heterocycles. The number of benzene rings is 2. The summed E-state index contributed by atoms with van der Waals surface area (Å²) in [5, 5.41) is 27.8. The fourth-order valence-corrected chi connectivity index (χ4v) is 2.71. The largest absolute Gasteiger partial charge is 0.507 e. The fraction of sp³-hybridized carbons (Fsp3) is 0.105. The van der Waals surface area contributed by atoms with Gasteiger partial charge in [-0.3, -0.25) is 10.4 Å². The molecule has 0 aliphatic carbocycles. The van der Waals surface area contributed by atoms with E-state index in [1.54, 1.807) is 6.20 Å². The minimum atomic E-state index is -1.06. The van der Waals surface area contributed by atoms with Crippen LogP contribution in [-0.4, -0.2) is 39.3 Å². The number of carboxylic acids is 1. The molecule has 0 unspecified atom stereocenters. The Balaban J connectivity index is 1.87. The number of phenolic OH excluding ortho intramolecular Hbond substituents is 1. The van der Waals surface area contributed by atoms with Gasteiger partial charge in [-0.25, -0.2) is 4.79 Å². The van der Waals surface area contributed by atoms with Gasteiger partial charge in [0.05, 0.1) is 0 Å². The van der Waals surface area contributed by atoms with Crippen LogP contribution in [0, 0.1) is 5.41 Å². The molecular formula is C19H18N4O3. The zero-order chi connectivity index (χ0) is 18.7. The molecule has 7 nitrogen and oxygen atoms in total. The van der Waals surface area contributed by atoms with Gasteiger partial charge in [0.25, 0.3) is 0 Å². The number of nitrogens with one attached hydrogen (secondary N) is 2. The maximum atomic E-state index is 11.6. The third-order valence-corrected chi connectivity index (χ3v) is 4.11. The number of H-pyrrole nitrogens is 1. The van der Waals surface area contributed by atoms with Gasteiger partial charge in [-0.15, -0.1) is 0 Å². The quantitative estimate of drug-likeness (QED) is 0.344. The molecule has 0 radical (unpaired) electrons. The molecule has 1 atom stereocenters. The Bertz CT molecular complexity index is 1010. The number of nitrogen functional groups attached to an aromatic ring is 1. The molecule has 0 amide bonds. The van der Waals surface area contributed by atoms with Crippen LogP contribution in [0.1, 0.15) is 16.7 Å². The zero-order valence-electron chi connectivity index (χ0n) is 13.8. The SMILES string of the molecule is N=C(N)c1ccc(O)c(C=N[C@H](Cc2c[nH]c3ccccc23)C(=O)O)c1. The van der Waals surface area contributed by atoms with Crippen LogP contribution >= 0.6 is 0 Å². The molecule has 0 aliphatic rings. The van der Waals surface area contributed by atoms with E-state index in [0.717, 1.165) is 16.5 Å². The van der Waals surface area contributed by atoms with Crippen LogP contribution in [0.4, 0.5) is 0 Å². The second-order valence-electron chi connectivity index (χ2n) is 5.88. The molecule has 0 spiro atoms. The minimum absolute atomic E-state index is 0.0602. The van der Waals surface area contributed by atoms with E-state index in [1.807, 2.05) is 24.3 Å². The Morgan fingerprint density at radius 2 is 2.08 bits per heavy atom. The smallest absolute Gasteiger partial charge is 0.328 e. The van der Waals surface area contributed by atoms with E-state index in [2.05, 4.69) is 9.98 Å². The summed E-state index contributed by atoms with van der Waals surface area (Å²) >= 11 is 0. The van der Waals surface area contributed by atoms with Crippen LogP contribution in [0.5, 0.6) is 5.75 Å². The summed E-state index contributed by atoms with van der Waals surface area (Å²) in [7, 11) is 0. The van der Waals surface area contributed by atoms with Crippen molar-refractivity contribution in [1.82, 2.24) is 4.98 Å². The van der Waals surface area contributed by atoms with E-state index in [0.29, 0.717) is 11.1 Å². The highest BCUT2D eigenvalue weighted by Gasteiger charge is 2.18. The van der Waals surface area contributed by atoms with Gasteiger partial charge < -0.3 is 20.9 Å². The number of aliphatic imine (C=N–C) groups is 1. The van der Waals surface area contributed by atoms with Crippen molar-refractivity contribution in [3.63, 3.8) is 0 Å². The number of aromatic hydroxyl groups is 1. The van der Waals surface area contributed by atoms with Crippen molar-refractivity contribution < 1.29 is 15.0 Å². The number of hydrogen-bond donors (Lipinski definition) is 5. The van der Waals surface area contributed by atoms with E-state index in [-0.39, 0.29) is 18.0 Å². The second kappa shape index (κ2) is 7.10. The van der Waals surface area contributed by atoms with E-state index in [4.69, 9.17) is 11.1 Å². The molecule has 1 heterocycles. The molecule has 2 aromatic carbocycles. The molecule has 26 heavy (non-hydrogen) atoms. The van der Waals surface area contributed by atoms with Gasteiger partial charge in [-0.05, 0) is 29.8 Å². The van der Waals surface area contributed by atoms with Gasteiger partial charge in [-0.1, -0.05) is 18.2 Å². The summed E-state index contributed by atoms with van der Waals surface area (Å²) < 4.78 is 0. The van der Waals surface area contributed by atoms with E-state index in [9.17, 15) is 15.0 Å². The third-order valence-electron chi connectivity index (χ3n) is 4.11. The number of fused-ring (bicyclic) bond motifs is 1. The Labute approximate surface area is 149 Å². The number of amidine groups is 1. The number of nitrogens with two attached hydrogens (primary N) is 1. The van der Waals surface area contributed by atoms with Gasteiger partial charge in [-0.2, -0.15) is 0 Å².